The van der Waals surface area contributed by atoms with Gasteiger partial charge in [0.2, 0.25) is 0 Å². The van der Waals surface area contributed by atoms with Crippen molar-refractivity contribution >= 4 is 22.9 Å². The van der Waals surface area contributed by atoms with E-state index in [1.165, 1.54) is 17.5 Å². The van der Waals surface area contributed by atoms with Gasteiger partial charge in [0.05, 0.1) is 7.11 Å². The number of methoxy groups -OCH3 is 1. The van der Waals surface area contributed by atoms with Gasteiger partial charge in [0.15, 0.2) is 5.06 Å². The van der Waals surface area contributed by atoms with Crippen LogP contribution in [0.4, 0.5) is 0 Å². The van der Waals surface area contributed by atoms with E-state index in [0.717, 1.165) is 42.6 Å². The third-order valence-electron chi connectivity index (χ3n) is 3.72. The van der Waals surface area contributed by atoms with Crippen molar-refractivity contribution < 1.29 is 4.74 Å². The fraction of sp³-hybridized carbons (Fsp3) is 0.444. The van der Waals surface area contributed by atoms with Crippen molar-refractivity contribution in [1.29, 1.82) is 0 Å². The van der Waals surface area contributed by atoms with E-state index in [9.17, 15) is 0 Å². The normalized spacial score (nSPS) is 11.1. The molecule has 0 spiro atoms. The van der Waals surface area contributed by atoms with Crippen molar-refractivity contribution in [1.82, 2.24) is 4.90 Å². The maximum absolute atomic E-state index is 5.94. The smallest absolute Gasteiger partial charge is 0.173 e. The van der Waals surface area contributed by atoms with E-state index in [-0.39, 0.29) is 0 Å². The quantitative estimate of drug-likeness (QED) is 0.644. The van der Waals surface area contributed by atoms with Crippen LogP contribution in [0.25, 0.3) is 0 Å². The van der Waals surface area contributed by atoms with Gasteiger partial charge in [0.1, 0.15) is 0 Å². The Kier molecular flexibility index (Phi) is 7.23. The molecule has 22 heavy (non-hydrogen) atoms. The molecule has 0 fully saturated rings. The Hall–Kier alpha value is -1.03. The molecule has 0 aliphatic rings. The second-order valence-corrected chi connectivity index (χ2v) is 6.76. The minimum absolute atomic E-state index is 0.806. The van der Waals surface area contributed by atoms with Gasteiger partial charge < -0.3 is 9.64 Å². The first-order valence-corrected chi connectivity index (χ1v) is 9.05. The Morgan fingerprint density at radius 1 is 1.05 bits per heavy atom. The average Bonchev–Trinajstić information content (AvgIpc) is 3.00. The zero-order chi connectivity index (χ0) is 15.8. The molecule has 2 aromatic rings. The van der Waals surface area contributed by atoms with Crippen LogP contribution >= 0.6 is 22.9 Å². The second kappa shape index (κ2) is 9.19. The first-order valence-electron chi connectivity index (χ1n) is 7.79. The standard InChI is InChI=1S/C18H24ClNOS/c1-3-10-20(11-8-15-4-6-17(19)7-5-15)12-9-16-13-18(21-2)22-14-16/h4-7,13-14H,3,8-12H2,1-2H3. The van der Waals surface area contributed by atoms with E-state index >= 15 is 0 Å². The summed E-state index contributed by atoms with van der Waals surface area (Å²) in [5.41, 5.74) is 2.72. The van der Waals surface area contributed by atoms with Gasteiger partial charge in [-0.15, -0.1) is 11.3 Å². The Balaban J connectivity index is 1.82. The highest BCUT2D eigenvalue weighted by Gasteiger charge is 2.06. The zero-order valence-corrected chi connectivity index (χ0v) is 14.9. The van der Waals surface area contributed by atoms with E-state index in [1.54, 1.807) is 18.4 Å². The molecular formula is C18H24ClNOS. The number of thiophene rings is 1. The topological polar surface area (TPSA) is 12.5 Å². The Morgan fingerprint density at radius 3 is 2.32 bits per heavy atom. The highest BCUT2D eigenvalue weighted by molar-refractivity contribution is 7.12. The molecule has 0 saturated carbocycles. The molecule has 1 aromatic heterocycles. The average molecular weight is 338 g/mol. The highest BCUT2D eigenvalue weighted by Crippen LogP contribution is 2.22. The van der Waals surface area contributed by atoms with Crippen LogP contribution in [0.15, 0.2) is 35.7 Å². The molecule has 0 aliphatic carbocycles. The van der Waals surface area contributed by atoms with Gasteiger partial charge in [-0.2, -0.15) is 0 Å². The molecule has 0 unspecified atom stereocenters. The summed E-state index contributed by atoms with van der Waals surface area (Å²) in [5, 5.41) is 4.00. The zero-order valence-electron chi connectivity index (χ0n) is 13.3. The summed E-state index contributed by atoms with van der Waals surface area (Å²) < 4.78 is 5.26. The molecular weight excluding hydrogens is 314 g/mol. The first-order chi connectivity index (χ1) is 10.7. The van der Waals surface area contributed by atoms with Crippen LogP contribution in [-0.4, -0.2) is 31.6 Å². The fourth-order valence-corrected chi connectivity index (χ4v) is 3.36. The Morgan fingerprint density at radius 2 is 1.73 bits per heavy atom. The second-order valence-electron chi connectivity index (χ2n) is 5.45. The van der Waals surface area contributed by atoms with E-state index in [2.05, 4.69) is 35.4 Å². The summed E-state index contributed by atoms with van der Waals surface area (Å²) >= 11 is 7.61. The number of rotatable bonds is 9. The lowest BCUT2D eigenvalue weighted by Crippen LogP contribution is -2.29. The first kappa shape index (κ1) is 17.3. The molecule has 0 aliphatic heterocycles. The van der Waals surface area contributed by atoms with Gasteiger partial charge in [-0.3, -0.25) is 0 Å². The monoisotopic (exact) mass is 337 g/mol. The molecule has 0 radical (unpaired) electrons. The van der Waals surface area contributed by atoms with E-state index in [1.807, 2.05) is 12.1 Å². The van der Waals surface area contributed by atoms with Crippen LogP contribution in [0, 0.1) is 0 Å². The molecule has 4 heteroatoms. The van der Waals surface area contributed by atoms with Crippen molar-refractivity contribution in [2.24, 2.45) is 0 Å². The molecule has 0 N–H and O–H groups in total. The van der Waals surface area contributed by atoms with Crippen LogP contribution < -0.4 is 4.74 Å². The number of nitrogens with zero attached hydrogens (tertiary/aromatic N) is 1. The van der Waals surface area contributed by atoms with Gasteiger partial charge >= 0.3 is 0 Å². The van der Waals surface area contributed by atoms with E-state index in [4.69, 9.17) is 16.3 Å². The van der Waals surface area contributed by atoms with Gasteiger partial charge in [0, 0.05) is 18.1 Å². The third-order valence-corrected chi connectivity index (χ3v) is 4.91. The molecule has 1 heterocycles. The van der Waals surface area contributed by atoms with Crippen molar-refractivity contribution in [3.63, 3.8) is 0 Å². The molecule has 0 amide bonds. The number of benzene rings is 1. The predicted molar refractivity (Wildman–Crippen MR) is 96.5 cm³/mol. The number of hydrogen-bond donors (Lipinski definition) is 0. The maximum Gasteiger partial charge on any atom is 0.173 e. The van der Waals surface area contributed by atoms with E-state index < -0.39 is 0 Å². The largest absolute Gasteiger partial charge is 0.487 e. The van der Waals surface area contributed by atoms with Crippen LogP contribution in [-0.2, 0) is 12.8 Å². The van der Waals surface area contributed by atoms with E-state index in [0.29, 0.717) is 0 Å². The van der Waals surface area contributed by atoms with Crippen molar-refractivity contribution in [2.45, 2.75) is 26.2 Å². The maximum atomic E-state index is 5.94. The van der Waals surface area contributed by atoms with Crippen LogP contribution in [0.3, 0.4) is 0 Å². The summed E-state index contributed by atoms with van der Waals surface area (Å²) in [6.07, 6.45) is 3.35. The number of halogens is 1. The lowest BCUT2D eigenvalue weighted by molar-refractivity contribution is 0.281. The number of hydrogen-bond acceptors (Lipinski definition) is 3. The summed E-state index contributed by atoms with van der Waals surface area (Å²) in [5.74, 6) is 0. The summed E-state index contributed by atoms with van der Waals surface area (Å²) in [6, 6.07) is 10.3. The lowest BCUT2D eigenvalue weighted by Gasteiger charge is -2.21. The summed E-state index contributed by atoms with van der Waals surface area (Å²) in [4.78, 5) is 2.54. The van der Waals surface area contributed by atoms with Gasteiger partial charge in [-0.1, -0.05) is 30.7 Å². The minimum atomic E-state index is 0.806. The molecule has 120 valence electrons. The van der Waals surface area contributed by atoms with Crippen molar-refractivity contribution in [2.75, 3.05) is 26.7 Å². The van der Waals surface area contributed by atoms with Crippen LogP contribution in [0.2, 0.25) is 5.02 Å². The number of ether oxygens (including phenoxy) is 1. The molecule has 2 nitrogen and oxygen atoms in total. The molecule has 0 saturated heterocycles. The molecule has 2 rings (SSSR count). The van der Waals surface area contributed by atoms with Crippen LogP contribution in [0.1, 0.15) is 24.5 Å². The van der Waals surface area contributed by atoms with Gasteiger partial charge in [-0.25, -0.2) is 0 Å². The Bertz CT molecular complexity index is 552. The summed E-state index contributed by atoms with van der Waals surface area (Å²) in [6.45, 7) is 5.58. The van der Waals surface area contributed by atoms with Gasteiger partial charge in [-0.05, 0) is 60.5 Å². The van der Waals surface area contributed by atoms with Crippen molar-refractivity contribution in [3.8, 4) is 5.06 Å². The third kappa shape index (κ3) is 5.64. The minimum Gasteiger partial charge on any atom is -0.487 e. The fourth-order valence-electron chi connectivity index (χ4n) is 2.47. The highest BCUT2D eigenvalue weighted by atomic mass is 35.5. The van der Waals surface area contributed by atoms with Crippen LogP contribution in [0.5, 0.6) is 5.06 Å². The lowest BCUT2D eigenvalue weighted by atomic mass is 10.1. The molecule has 0 atom stereocenters. The molecule has 1 aromatic carbocycles. The SMILES string of the molecule is CCCN(CCc1ccc(Cl)cc1)CCc1csc(OC)c1. The summed E-state index contributed by atoms with van der Waals surface area (Å²) in [7, 11) is 1.73. The Labute approximate surface area is 142 Å². The van der Waals surface area contributed by atoms with Gasteiger partial charge in [0.25, 0.3) is 0 Å². The predicted octanol–water partition coefficient (Wildman–Crippen LogP) is 4.91. The van der Waals surface area contributed by atoms with Crippen molar-refractivity contribution in [3.05, 3.63) is 51.9 Å². The molecule has 0 bridgehead atoms.